The molecule has 0 bridgehead atoms. The van der Waals surface area contributed by atoms with E-state index in [0.29, 0.717) is 60.7 Å². The van der Waals surface area contributed by atoms with Crippen molar-refractivity contribution in [2.24, 2.45) is 0 Å². The smallest absolute Gasteiger partial charge is 0.233 e. The summed E-state index contributed by atoms with van der Waals surface area (Å²) in [6, 6.07) is 5.36. The summed E-state index contributed by atoms with van der Waals surface area (Å²) in [5, 5.41) is 3.83. The molecule has 11 heteroatoms. The van der Waals surface area contributed by atoms with Gasteiger partial charge in [0.15, 0.2) is 0 Å². The maximum Gasteiger partial charge on any atom is 0.233 e. The summed E-state index contributed by atoms with van der Waals surface area (Å²) in [6.07, 6.45) is 0. The van der Waals surface area contributed by atoms with Gasteiger partial charge in [0.2, 0.25) is 17.8 Å². The van der Waals surface area contributed by atoms with Crippen LogP contribution in [0.2, 0.25) is 5.02 Å². The fourth-order valence-corrected chi connectivity index (χ4v) is 3.29. The van der Waals surface area contributed by atoms with Crippen LogP contribution in [-0.2, 0) is 9.47 Å². The number of benzene rings is 1. The zero-order valence-corrected chi connectivity index (χ0v) is 17.7. The summed E-state index contributed by atoms with van der Waals surface area (Å²) in [4.78, 5) is 18.2. The van der Waals surface area contributed by atoms with Gasteiger partial charge in [-0.25, -0.2) is 0 Å². The van der Waals surface area contributed by atoms with Crippen LogP contribution in [0.15, 0.2) is 18.2 Å². The Kier molecular flexibility index (Phi) is 7.54. The third kappa shape index (κ3) is 5.30. The Hall–Kier alpha value is -2.07. The number of hydrogen-bond acceptors (Lipinski definition) is 9. The Morgan fingerprint density at radius 1 is 0.931 bits per heavy atom. The minimum atomic E-state index is 0. The molecule has 2 aromatic rings. The third-order valence-electron chi connectivity index (χ3n) is 4.61. The van der Waals surface area contributed by atoms with Crippen molar-refractivity contribution in [1.82, 2.24) is 15.0 Å². The second-order valence-electron chi connectivity index (χ2n) is 6.43. The first-order valence-corrected chi connectivity index (χ1v) is 9.63. The molecule has 2 aliphatic rings. The molecule has 4 rings (SSSR count). The highest BCUT2D eigenvalue weighted by Gasteiger charge is 2.21. The molecule has 0 spiro atoms. The number of rotatable bonds is 5. The minimum absolute atomic E-state index is 0. The van der Waals surface area contributed by atoms with E-state index in [2.05, 4.69) is 25.1 Å². The van der Waals surface area contributed by atoms with E-state index in [4.69, 9.17) is 30.8 Å². The first-order chi connectivity index (χ1) is 13.7. The molecule has 9 nitrogen and oxygen atoms in total. The molecular formula is C18H24Cl2N6O3. The van der Waals surface area contributed by atoms with Gasteiger partial charge in [-0.1, -0.05) is 11.6 Å². The van der Waals surface area contributed by atoms with Crippen LogP contribution in [-0.4, -0.2) is 74.7 Å². The minimum Gasteiger partial charge on any atom is -0.495 e. The normalized spacial score (nSPS) is 16.9. The maximum absolute atomic E-state index is 6.15. The lowest BCUT2D eigenvalue weighted by Gasteiger charge is -2.30. The Balaban J connectivity index is 0.00000240. The molecule has 0 amide bonds. The van der Waals surface area contributed by atoms with Crippen LogP contribution in [0.4, 0.5) is 23.5 Å². The lowest BCUT2D eigenvalue weighted by atomic mass is 10.3. The lowest BCUT2D eigenvalue weighted by molar-refractivity contribution is 0.121. The van der Waals surface area contributed by atoms with Crippen molar-refractivity contribution in [3.63, 3.8) is 0 Å². The molecule has 3 heterocycles. The largest absolute Gasteiger partial charge is 0.495 e. The predicted molar refractivity (Wildman–Crippen MR) is 114 cm³/mol. The van der Waals surface area contributed by atoms with Crippen LogP contribution in [0, 0.1) is 0 Å². The van der Waals surface area contributed by atoms with Crippen molar-refractivity contribution in [3.8, 4) is 5.75 Å². The molecule has 0 atom stereocenters. The van der Waals surface area contributed by atoms with E-state index in [1.165, 1.54) is 0 Å². The number of morpholine rings is 2. The molecule has 0 saturated carbocycles. The second kappa shape index (κ2) is 10.1. The zero-order valence-electron chi connectivity index (χ0n) is 16.1. The fraction of sp³-hybridized carbons (Fsp3) is 0.500. The Morgan fingerprint density at radius 3 is 2.00 bits per heavy atom. The molecule has 0 aliphatic carbocycles. The Bertz CT molecular complexity index is 780. The molecule has 2 fully saturated rings. The van der Waals surface area contributed by atoms with E-state index < -0.39 is 0 Å². The summed E-state index contributed by atoms with van der Waals surface area (Å²) in [5.74, 6) is 2.36. The van der Waals surface area contributed by atoms with E-state index in [1.807, 2.05) is 0 Å². The van der Waals surface area contributed by atoms with E-state index >= 15 is 0 Å². The number of methoxy groups -OCH3 is 1. The van der Waals surface area contributed by atoms with Gasteiger partial charge in [-0.2, -0.15) is 15.0 Å². The van der Waals surface area contributed by atoms with Gasteiger partial charge in [0.05, 0.1) is 39.2 Å². The predicted octanol–water partition coefficient (Wildman–Crippen LogP) is 2.37. The molecule has 158 valence electrons. The molecule has 1 aromatic carbocycles. The summed E-state index contributed by atoms with van der Waals surface area (Å²) in [5.41, 5.74) is 0.696. The van der Waals surface area contributed by atoms with Crippen LogP contribution in [0.5, 0.6) is 5.75 Å². The summed E-state index contributed by atoms with van der Waals surface area (Å²) < 4.78 is 16.3. The average Bonchev–Trinajstić information content (AvgIpc) is 2.75. The third-order valence-corrected chi connectivity index (χ3v) is 4.84. The van der Waals surface area contributed by atoms with Crippen LogP contribution in [0.1, 0.15) is 0 Å². The van der Waals surface area contributed by atoms with Crippen LogP contribution in [0.3, 0.4) is 0 Å². The summed E-state index contributed by atoms with van der Waals surface area (Å²) in [6.45, 7) is 5.59. The van der Waals surface area contributed by atoms with E-state index in [1.54, 1.807) is 25.3 Å². The number of anilines is 4. The number of nitrogens with one attached hydrogen (secondary N) is 1. The van der Waals surface area contributed by atoms with Crippen molar-refractivity contribution in [3.05, 3.63) is 23.2 Å². The molecule has 2 saturated heterocycles. The molecular weight excluding hydrogens is 419 g/mol. The summed E-state index contributed by atoms with van der Waals surface area (Å²) in [7, 11) is 1.61. The Morgan fingerprint density at radius 2 is 1.48 bits per heavy atom. The number of ether oxygens (including phenoxy) is 3. The molecule has 1 N–H and O–H groups in total. The van der Waals surface area contributed by atoms with Crippen molar-refractivity contribution < 1.29 is 14.2 Å². The molecule has 0 radical (unpaired) electrons. The maximum atomic E-state index is 6.15. The zero-order chi connectivity index (χ0) is 19.3. The molecule has 29 heavy (non-hydrogen) atoms. The lowest BCUT2D eigenvalue weighted by Crippen LogP contribution is -2.40. The monoisotopic (exact) mass is 442 g/mol. The van der Waals surface area contributed by atoms with Crippen molar-refractivity contribution in [2.45, 2.75) is 0 Å². The SMILES string of the molecule is COc1ccc(Cl)cc1Nc1nc(N2CCOCC2)nc(N2CCOCC2)n1.Cl. The van der Waals surface area contributed by atoms with Gasteiger partial charge in [-0.15, -0.1) is 12.4 Å². The average molecular weight is 443 g/mol. The van der Waals surface area contributed by atoms with Crippen molar-refractivity contribution in [1.29, 1.82) is 0 Å². The fourth-order valence-electron chi connectivity index (χ4n) is 3.12. The first-order valence-electron chi connectivity index (χ1n) is 9.25. The highest BCUT2D eigenvalue weighted by molar-refractivity contribution is 6.31. The van der Waals surface area contributed by atoms with Crippen LogP contribution < -0.4 is 19.9 Å². The van der Waals surface area contributed by atoms with Gasteiger partial charge in [-0.3, -0.25) is 0 Å². The topological polar surface area (TPSA) is 84.9 Å². The van der Waals surface area contributed by atoms with Crippen LogP contribution >= 0.6 is 24.0 Å². The quantitative estimate of drug-likeness (QED) is 0.749. The number of hydrogen-bond donors (Lipinski definition) is 1. The molecule has 2 aliphatic heterocycles. The standard InChI is InChI=1S/C18H23ClN6O3.ClH/c1-26-15-3-2-13(19)12-14(15)20-16-21-17(24-4-8-27-9-5-24)23-18(22-16)25-6-10-28-11-7-25;/h2-3,12H,4-11H2,1H3,(H,20,21,22,23);1H. The van der Waals surface area contributed by atoms with Crippen LogP contribution in [0.25, 0.3) is 0 Å². The second-order valence-corrected chi connectivity index (χ2v) is 6.86. The molecule has 1 aromatic heterocycles. The number of aromatic nitrogens is 3. The van der Waals surface area contributed by atoms with Gasteiger partial charge in [-0.05, 0) is 18.2 Å². The van der Waals surface area contributed by atoms with Gasteiger partial charge < -0.3 is 29.3 Å². The number of halogens is 2. The van der Waals surface area contributed by atoms with E-state index in [9.17, 15) is 0 Å². The van der Waals surface area contributed by atoms with Gasteiger partial charge in [0, 0.05) is 31.2 Å². The molecule has 0 unspecified atom stereocenters. The van der Waals surface area contributed by atoms with Gasteiger partial charge in [0.25, 0.3) is 0 Å². The van der Waals surface area contributed by atoms with Gasteiger partial charge >= 0.3 is 0 Å². The van der Waals surface area contributed by atoms with Gasteiger partial charge in [0.1, 0.15) is 5.75 Å². The highest BCUT2D eigenvalue weighted by atomic mass is 35.5. The summed E-state index contributed by atoms with van der Waals surface area (Å²) >= 11 is 6.15. The highest BCUT2D eigenvalue weighted by Crippen LogP contribution is 2.30. The van der Waals surface area contributed by atoms with E-state index in [0.717, 1.165) is 26.2 Å². The number of nitrogens with zero attached hydrogens (tertiary/aromatic N) is 5. The first kappa shape index (κ1) is 21.6. The van der Waals surface area contributed by atoms with Crippen molar-refractivity contribution in [2.75, 3.05) is 74.8 Å². The van der Waals surface area contributed by atoms with E-state index in [-0.39, 0.29) is 12.4 Å². The Labute approximate surface area is 180 Å². The van der Waals surface area contributed by atoms with Crippen molar-refractivity contribution >= 4 is 47.5 Å².